The Kier molecular flexibility index (Phi) is 4.82. The van der Waals surface area contributed by atoms with E-state index < -0.39 is 24.6 Å². The van der Waals surface area contributed by atoms with Gasteiger partial charge in [0.2, 0.25) is 5.89 Å². The molecular weight excluding hydrogens is 304 g/mol. The van der Waals surface area contributed by atoms with Gasteiger partial charge in [-0.05, 0) is 19.2 Å². The summed E-state index contributed by atoms with van der Waals surface area (Å²) in [5.74, 6) is 0.0660. The van der Waals surface area contributed by atoms with Gasteiger partial charge in [0.1, 0.15) is 5.82 Å². The smallest absolute Gasteiger partial charge is 0.415 e. The maximum absolute atomic E-state index is 13.1. The molecule has 0 radical (unpaired) electrons. The second-order valence-corrected chi connectivity index (χ2v) is 4.88. The fourth-order valence-electron chi connectivity index (χ4n) is 1.85. The van der Waals surface area contributed by atoms with Crippen LogP contribution in [0.25, 0.3) is 11.3 Å². The molecule has 0 aliphatic carbocycles. The summed E-state index contributed by atoms with van der Waals surface area (Å²) in [5, 5.41) is 8.99. The van der Waals surface area contributed by atoms with Crippen LogP contribution in [0.2, 0.25) is 0 Å². The Morgan fingerprint density at radius 1 is 1.36 bits per heavy atom. The van der Waals surface area contributed by atoms with Crippen LogP contribution >= 0.6 is 0 Å². The predicted molar refractivity (Wildman–Crippen MR) is 70.3 cm³/mol. The number of hydrogen-bond acceptors (Lipinski definition) is 4. The largest absolute Gasteiger partial charge is 0.439 e. The van der Waals surface area contributed by atoms with Crippen molar-refractivity contribution in [2.24, 2.45) is 0 Å². The van der Waals surface area contributed by atoms with Crippen molar-refractivity contribution >= 4 is 0 Å². The number of benzene rings is 1. The van der Waals surface area contributed by atoms with Crippen molar-refractivity contribution in [1.82, 2.24) is 9.88 Å². The van der Waals surface area contributed by atoms with Gasteiger partial charge >= 0.3 is 6.18 Å². The van der Waals surface area contributed by atoms with Gasteiger partial charge in [0.15, 0.2) is 11.9 Å². The second kappa shape index (κ2) is 6.45. The van der Waals surface area contributed by atoms with Gasteiger partial charge in [-0.3, -0.25) is 4.90 Å². The van der Waals surface area contributed by atoms with E-state index in [0.717, 1.165) is 0 Å². The molecule has 1 aromatic carbocycles. The monoisotopic (exact) mass is 318 g/mol. The number of rotatable bonds is 5. The van der Waals surface area contributed by atoms with Crippen LogP contribution in [0.4, 0.5) is 17.6 Å². The Labute approximate surface area is 124 Å². The van der Waals surface area contributed by atoms with E-state index in [1.807, 2.05) is 0 Å². The van der Waals surface area contributed by atoms with Gasteiger partial charge in [0.05, 0.1) is 12.7 Å². The molecular formula is C14H14F4N2O2. The maximum atomic E-state index is 13.1. The van der Waals surface area contributed by atoms with Crippen molar-refractivity contribution in [2.45, 2.75) is 18.8 Å². The summed E-state index contributed by atoms with van der Waals surface area (Å²) in [7, 11) is 1.40. The molecule has 1 atom stereocenters. The number of aromatic nitrogens is 1. The van der Waals surface area contributed by atoms with Gasteiger partial charge in [0.25, 0.3) is 0 Å². The first-order chi connectivity index (χ1) is 10.3. The molecule has 22 heavy (non-hydrogen) atoms. The molecule has 0 saturated heterocycles. The summed E-state index contributed by atoms with van der Waals surface area (Å²) in [6.45, 7) is -0.608. The highest BCUT2D eigenvalue weighted by atomic mass is 19.4. The molecule has 1 aromatic heterocycles. The summed E-state index contributed by atoms with van der Waals surface area (Å²) in [6.07, 6.45) is -5.73. The number of oxazole rings is 1. The molecule has 8 heteroatoms. The van der Waals surface area contributed by atoms with Gasteiger partial charge in [-0.2, -0.15) is 13.2 Å². The third kappa shape index (κ3) is 4.28. The zero-order valence-corrected chi connectivity index (χ0v) is 11.6. The fourth-order valence-corrected chi connectivity index (χ4v) is 1.85. The first kappa shape index (κ1) is 16.4. The van der Waals surface area contributed by atoms with Crippen LogP contribution in [-0.2, 0) is 6.54 Å². The first-order valence-electron chi connectivity index (χ1n) is 6.39. The number of aliphatic hydroxyl groups excluding tert-OH is 1. The van der Waals surface area contributed by atoms with E-state index in [9.17, 15) is 17.6 Å². The van der Waals surface area contributed by atoms with Crippen molar-refractivity contribution in [3.8, 4) is 11.3 Å². The lowest BCUT2D eigenvalue weighted by Gasteiger charge is -2.20. The molecule has 0 bridgehead atoms. The van der Waals surface area contributed by atoms with Gasteiger partial charge in [-0.25, -0.2) is 9.37 Å². The Morgan fingerprint density at radius 2 is 2.09 bits per heavy atom. The van der Waals surface area contributed by atoms with Crippen LogP contribution in [0.1, 0.15) is 5.89 Å². The van der Waals surface area contributed by atoms with Gasteiger partial charge in [0, 0.05) is 12.1 Å². The van der Waals surface area contributed by atoms with Crippen molar-refractivity contribution < 1.29 is 27.1 Å². The molecule has 4 nitrogen and oxygen atoms in total. The number of aliphatic hydroxyl groups is 1. The normalized spacial score (nSPS) is 13.6. The molecule has 120 valence electrons. The van der Waals surface area contributed by atoms with Crippen molar-refractivity contribution in [3.63, 3.8) is 0 Å². The van der Waals surface area contributed by atoms with E-state index in [-0.39, 0.29) is 12.4 Å². The SMILES string of the molecule is CN(Cc1ncc(-c2cccc(F)c2)o1)CC(O)C(F)(F)F. The fraction of sp³-hybridized carbons (Fsp3) is 0.357. The molecule has 0 spiro atoms. The second-order valence-electron chi connectivity index (χ2n) is 4.88. The number of likely N-dealkylation sites (N-methyl/N-ethyl adjacent to an activating group) is 1. The molecule has 1 unspecified atom stereocenters. The van der Waals surface area contributed by atoms with Crippen molar-refractivity contribution in [1.29, 1.82) is 0 Å². The Morgan fingerprint density at radius 3 is 2.73 bits per heavy atom. The lowest BCUT2D eigenvalue weighted by Crippen LogP contribution is -2.39. The summed E-state index contributed by atoms with van der Waals surface area (Å²) in [6, 6.07) is 5.69. The van der Waals surface area contributed by atoms with Crippen LogP contribution in [-0.4, -0.2) is 40.9 Å². The van der Waals surface area contributed by atoms with Crippen molar-refractivity contribution in [2.75, 3.05) is 13.6 Å². The van der Waals surface area contributed by atoms with E-state index in [0.29, 0.717) is 11.3 Å². The van der Waals surface area contributed by atoms with E-state index in [2.05, 4.69) is 4.98 Å². The summed E-state index contributed by atoms with van der Waals surface area (Å²) in [5.41, 5.74) is 0.483. The summed E-state index contributed by atoms with van der Waals surface area (Å²) >= 11 is 0. The van der Waals surface area contributed by atoms with E-state index >= 15 is 0 Å². The minimum atomic E-state index is -4.67. The third-order valence-corrected chi connectivity index (χ3v) is 2.93. The lowest BCUT2D eigenvalue weighted by atomic mass is 10.2. The van der Waals surface area contributed by atoms with Gasteiger partial charge in [-0.15, -0.1) is 0 Å². The van der Waals surface area contributed by atoms with E-state index in [1.54, 1.807) is 6.07 Å². The topological polar surface area (TPSA) is 49.5 Å². The first-order valence-corrected chi connectivity index (χ1v) is 6.39. The number of alkyl halides is 3. The van der Waals surface area contributed by atoms with Crippen LogP contribution in [0, 0.1) is 5.82 Å². The molecule has 2 aromatic rings. The quantitative estimate of drug-likeness (QED) is 0.861. The highest BCUT2D eigenvalue weighted by Gasteiger charge is 2.38. The van der Waals surface area contributed by atoms with Crippen LogP contribution in [0.5, 0.6) is 0 Å². The maximum Gasteiger partial charge on any atom is 0.415 e. The highest BCUT2D eigenvalue weighted by Crippen LogP contribution is 2.23. The van der Waals surface area contributed by atoms with E-state index in [1.165, 1.54) is 36.3 Å². The zero-order valence-electron chi connectivity index (χ0n) is 11.6. The Hall–Kier alpha value is -1.93. The standard InChI is InChI=1S/C14H14F4N2O2/c1-20(7-12(21)14(16,17)18)8-13-19-6-11(22-13)9-3-2-4-10(15)5-9/h2-6,12,21H,7-8H2,1H3. The average molecular weight is 318 g/mol. The van der Waals surface area contributed by atoms with Gasteiger partial charge < -0.3 is 9.52 Å². The van der Waals surface area contributed by atoms with Crippen LogP contribution in [0.15, 0.2) is 34.9 Å². The molecule has 0 aliphatic rings. The summed E-state index contributed by atoms with van der Waals surface area (Å²) in [4.78, 5) is 5.17. The minimum Gasteiger partial charge on any atom is -0.439 e. The van der Waals surface area contributed by atoms with Crippen molar-refractivity contribution in [3.05, 3.63) is 42.2 Å². The highest BCUT2D eigenvalue weighted by molar-refractivity contribution is 5.56. The average Bonchev–Trinajstić information content (AvgIpc) is 2.86. The molecule has 0 aliphatic heterocycles. The Bertz CT molecular complexity index is 627. The number of nitrogens with zero attached hydrogens (tertiary/aromatic N) is 2. The molecule has 0 fully saturated rings. The van der Waals surface area contributed by atoms with E-state index in [4.69, 9.17) is 9.52 Å². The zero-order chi connectivity index (χ0) is 16.3. The Balaban J connectivity index is 2.00. The molecule has 2 rings (SSSR count). The van der Waals surface area contributed by atoms with Gasteiger partial charge in [-0.1, -0.05) is 12.1 Å². The lowest BCUT2D eigenvalue weighted by molar-refractivity contribution is -0.207. The van der Waals surface area contributed by atoms with Crippen LogP contribution < -0.4 is 0 Å². The molecule has 0 amide bonds. The molecule has 1 heterocycles. The predicted octanol–water partition coefficient (Wildman–Crippen LogP) is 2.84. The molecule has 1 N–H and O–H groups in total. The van der Waals surface area contributed by atoms with Crippen LogP contribution in [0.3, 0.4) is 0 Å². The number of halogens is 4. The number of hydrogen-bond donors (Lipinski definition) is 1. The third-order valence-electron chi connectivity index (χ3n) is 2.93. The minimum absolute atomic E-state index is 0.0115. The molecule has 0 saturated carbocycles. The summed E-state index contributed by atoms with van der Waals surface area (Å²) < 4.78 is 55.3.